The third kappa shape index (κ3) is 2.88. The first-order valence-corrected chi connectivity index (χ1v) is 6.59. The minimum atomic E-state index is 0.533. The first kappa shape index (κ1) is 12.6. The lowest BCUT2D eigenvalue weighted by molar-refractivity contribution is 0.0774. The second kappa shape index (κ2) is 5.19. The number of nitrogens with zero attached hydrogens (tertiary/aromatic N) is 2. The number of benzene rings is 1. The van der Waals surface area contributed by atoms with Gasteiger partial charge >= 0.3 is 0 Å². The molecule has 94 valence electrons. The van der Waals surface area contributed by atoms with Gasteiger partial charge in [-0.2, -0.15) is 0 Å². The molecule has 1 aliphatic rings. The van der Waals surface area contributed by atoms with E-state index in [4.69, 9.17) is 0 Å². The van der Waals surface area contributed by atoms with Gasteiger partial charge in [0.15, 0.2) is 0 Å². The molecule has 0 aromatic heterocycles. The van der Waals surface area contributed by atoms with Gasteiger partial charge in [-0.25, -0.2) is 0 Å². The van der Waals surface area contributed by atoms with Gasteiger partial charge in [-0.1, -0.05) is 29.8 Å². The third-order valence-electron chi connectivity index (χ3n) is 4.06. The normalized spacial score (nSPS) is 24.8. The molecule has 1 fully saturated rings. The summed E-state index contributed by atoms with van der Waals surface area (Å²) in [6.07, 6.45) is 0. The van der Waals surface area contributed by atoms with Crippen LogP contribution in [0.4, 0.5) is 0 Å². The van der Waals surface area contributed by atoms with Gasteiger partial charge in [-0.05, 0) is 33.4 Å². The SMILES string of the molecule is Cc1cccc([C@@H](C)N2CCN(C)[C@@H](C)C2)c1. The molecule has 0 saturated carbocycles. The van der Waals surface area contributed by atoms with E-state index in [1.165, 1.54) is 30.8 Å². The van der Waals surface area contributed by atoms with E-state index in [-0.39, 0.29) is 0 Å². The highest BCUT2D eigenvalue weighted by Gasteiger charge is 2.24. The summed E-state index contributed by atoms with van der Waals surface area (Å²) >= 11 is 0. The topological polar surface area (TPSA) is 6.48 Å². The number of piperazine rings is 1. The van der Waals surface area contributed by atoms with E-state index in [1.54, 1.807) is 0 Å². The van der Waals surface area contributed by atoms with Crippen LogP contribution < -0.4 is 0 Å². The van der Waals surface area contributed by atoms with Crippen LogP contribution in [0.1, 0.15) is 31.0 Å². The Morgan fingerprint density at radius 2 is 2.06 bits per heavy atom. The fourth-order valence-electron chi connectivity index (χ4n) is 2.57. The van der Waals surface area contributed by atoms with Gasteiger partial charge in [-0.15, -0.1) is 0 Å². The summed E-state index contributed by atoms with van der Waals surface area (Å²) in [4.78, 5) is 5.04. The van der Waals surface area contributed by atoms with Crippen molar-refractivity contribution in [2.45, 2.75) is 32.9 Å². The van der Waals surface area contributed by atoms with Crippen molar-refractivity contribution < 1.29 is 0 Å². The van der Waals surface area contributed by atoms with Crippen molar-refractivity contribution >= 4 is 0 Å². The Morgan fingerprint density at radius 1 is 1.29 bits per heavy atom. The molecule has 1 saturated heterocycles. The second-order valence-electron chi connectivity index (χ2n) is 5.41. The zero-order chi connectivity index (χ0) is 12.4. The molecule has 2 rings (SSSR count). The molecular weight excluding hydrogens is 208 g/mol. The van der Waals surface area contributed by atoms with Crippen molar-refractivity contribution in [3.05, 3.63) is 35.4 Å². The maximum absolute atomic E-state index is 2.60. The van der Waals surface area contributed by atoms with Crippen LogP contribution in [-0.4, -0.2) is 42.5 Å². The number of rotatable bonds is 2. The van der Waals surface area contributed by atoms with Crippen LogP contribution >= 0.6 is 0 Å². The van der Waals surface area contributed by atoms with E-state index in [2.05, 4.69) is 61.9 Å². The first-order chi connectivity index (χ1) is 8.08. The lowest BCUT2D eigenvalue weighted by atomic mass is 10.0. The van der Waals surface area contributed by atoms with Gasteiger partial charge in [-0.3, -0.25) is 4.90 Å². The smallest absolute Gasteiger partial charge is 0.0321 e. The summed E-state index contributed by atoms with van der Waals surface area (Å²) < 4.78 is 0. The van der Waals surface area contributed by atoms with Crippen LogP contribution in [-0.2, 0) is 0 Å². The van der Waals surface area contributed by atoms with E-state index < -0.39 is 0 Å². The lowest BCUT2D eigenvalue weighted by Gasteiger charge is -2.41. The highest BCUT2D eigenvalue weighted by Crippen LogP contribution is 2.23. The summed E-state index contributed by atoms with van der Waals surface area (Å²) in [7, 11) is 2.22. The van der Waals surface area contributed by atoms with Gasteiger partial charge < -0.3 is 4.90 Å². The van der Waals surface area contributed by atoms with Crippen LogP contribution in [0.3, 0.4) is 0 Å². The predicted molar refractivity (Wildman–Crippen MR) is 73.3 cm³/mol. The minimum absolute atomic E-state index is 0.533. The average Bonchev–Trinajstić information content (AvgIpc) is 2.32. The highest BCUT2D eigenvalue weighted by atomic mass is 15.3. The molecule has 0 amide bonds. The molecule has 17 heavy (non-hydrogen) atoms. The van der Waals surface area contributed by atoms with E-state index in [0.717, 1.165) is 0 Å². The van der Waals surface area contributed by atoms with E-state index in [9.17, 15) is 0 Å². The molecule has 1 aliphatic heterocycles. The van der Waals surface area contributed by atoms with Gasteiger partial charge in [0.2, 0.25) is 0 Å². The fraction of sp³-hybridized carbons (Fsp3) is 0.600. The van der Waals surface area contributed by atoms with Crippen molar-refractivity contribution in [2.24, 2.45) is 0 Å². The summed E-state index contributed by atoms with van der Waals surface area (Å²) in [5.74, 6) is 0. The molecule has 2 heteroatoms. The van der Waals surface area contributed by atoms with Crippen molar-refractivity contribution in [3.8, 4) is 0 Å². The molecule has 1 aromatic rings. The number of hydrogen-bond donors (Lipinski definition) is 0. The largest absolute Gasteiger partial charge is 0.301 e. The Bertz CT molecular complexity index is 375. The predicted octanol–water partition coefficient (Wildman–Crippen LogP) is 2.69. The van der Waals surface area contributed by atoms with E-state index in [1.807, 2.05) is 0 Å². The standard InChI is InChI=1S/C15H24N2/c1-12-6-5-7-15(10-12)14(3)17-9-8-16(4)13(2)11-17/h5-7,10,13-14H,8-9,11H2,1-4H3/t13-,14+/m0/s1. The van der Waals surface area contributed by atoms with Gasteiger partial charge in [0, 0.05) is 31.7 Å². The number of likely N-dealkylation sites (N-methyl/N-ethyl adjacent to an activating group) is 1. The van der Waals surface area contributed by atoms with Crippen LogP contribution in [0.5, 0.6) is 0 Å². The molecule has 0 aliphatic carbocycles. The van der Waals surface area contributed by atoms with Crippen molar-refractivity contribution in [3.63, 3.8) is 0 Å². The van der Waals surface area contributed by atoms with Crippen molar-refractivity contribution in [2.75, 3.05) is 26.7 Å². The van der Waals surface area contributed by atoms with Crippen molar-refractivity contribution in [1.82, 2.24) is 9.80 Å². The van der Waals surface area contributed by atoms with Gasteiger partial charge in [0.1, 0.15) is 0 Å². The highest BCUT2D eigenvalue weighted by molar-refractivity contribution is 5.24. The Morgan fingerprint density at radius 3 is 2.71 bits per heavy atom. The lowest BCUT2D eigenvalue weighted by Crippen LogP contribution is -2.50. The molecule has 0 N–H and O–H groups in total. The average molecular weight is 232 g/mol. The van der Waals surface area contributed by atoms with Crippen LogP contribution in [0, 0.1) is 6.92 Å². The van der Waals surface area contributed by atoms with Crippen molar-refractivity contribution in [1.29, 1.82) is 0 Å². The summed E-state index contributed by atoms with van der Waals surface area (Å²) in [6, 6.07) is 10.1. The maximum atomic E-state index is 2.60. The summed E-state index contributed by atoms with van der Waals surface area (Å²) in [5.41, 5.74) is 2.80. The molecule has 0 unspecified atom stereocenters. The quantitative estimate of drug-likeness (QED) is 0.773. The monoisotopic (exact) mass is 232 g/mol. The Balaban J connectivity index is 2.07. The summed E-state index contributed by atoms with van der Waals surface area (Å²) in [6.45, 7) is 10.3. The first-order valence-electron chi connectivity index (χ1n) is 6.59. The van der Waals surface area contributed by atoms with Gasteiger partial charge in [0.05, 0.1) is 0 Å². The molecule has 0 spiro atoms. The van der Waals surface area contributed by atoms with Crippen LogP contribution in [0.25, 0.3) is 0 Å². The molecule has 0 radical (unpaired) electrons. The molecule has 2 nitrogen and oxygen atoms in total. The van der Waals surface area contributed by atoms with Gasteiger partial charge in [0.25, 0.3) is 0 Å². The Hall–Kier alpha value is -0.860. The summed E-state index contributed by atoms with van der Waals surface area (Å²) in [5, 5.41) is 0. The van der Waals surface area contributed by atoms with Crippen LogP contribution in [0.15, 0.2) is 24.3 Å². The number of aryl methyl sites for hydroxylation is 1. The Kier molecular flexibility index (Phi) is 3.85. The second-order valence-corrected chi connectivity index (χ2v) is 5.41. The van der Waals surface area contributed by atoms with Crippen LogP contribution in [0.2, 0.25) is 0 Å². The number of hydrogen-bond acceptors (Lipinski definition) is 2. The maximum Gasteiger partial charge on any atom is 0.0321 e. The Labute approximate surface area is 105 Å². The van der Waals surface area contributed by atoms with E-state index in [0.29, 0.717) is 12.1 Å². The molecule has 1 heterocycles. The zero-order valence-electron chi connectivity index (χ0n) is 11.5. The molecule has 0 bridgehead atoms. The molecule has 2 atom stereocenters. The molecular formula is C15H24N2. The third-order valence-corrected chi connectivity index (χ3v) is 4.06. The zero-order valence-corrected chi connectivity index (χ0v) is 11.5. The fourth-order valence-corrected chi connectivity index (χ4v) is 2.57. The van der Waals surface area contributed by atoms with E-state index >= 15 is 0 Å². The minimum Gasteiger partial charge on any atom is -0.301 e. The molecule has 1 aromatic carbocycles.